The number of nitrogens with two attached hydrogens (primary N) is 1. The minimum absolute atomic E-state index is 0.222. The number of carbonyl (C=O) groups is 1. The molecular weight excluding hydrogens is 194 g/mol. The Labute approximate surface area is 87.1 Å². The van der Waals surface area contributed by atoms with Crippen molar-refractivity contribution in [2.45, 2.75) is 6.04 Å². The van der Waals surface area contributed by atoms with Crippen molar-refractivity contribution in [2.75, 3.05) is 12.1 Å². The molecule has 15 heavy (non-hydrogen) atoms. The Bertz CT molecular complexity index is 400. The molecule has 0 radical (unpaired) electrons. The molecule has 0 aromatic heterocycles. The van der Waals surface area contributed by atoms with Gasteiger partial charge in [0.25, 0.3) is 5.91 Å². The van der Waals surface area contributed by atoms with Gasteiger partial charge in [0.2, 0.25) is 0 Å². The first kappa shape index (κ1) is 9.67. The second kappa shape index (κ2) is 3.70. The van der Waals surface area contributed by atoms with Gasteiger partial charge in [0, 0.05) is 0 Å². The van der Waals surface area contributed by atoms with Crippen molar-refractivity contribution in [3.8, 4) is 5.75 Å². The predicted octanol–water partition coefficient (Wildman–Crippen LogP) is 0.355. The van der Waals surface area contributed by atoms with Gasteiger partial charge in [0.05, 0.1) is 19.0 Å². The Morgan fingerprint density at radius 2 is 2.07 bits per heavy atom. The summed E-state index contributed by atoms with van der Waals surface area (Å²) in [6.07, 6.45) is 1.42. The van der Waals surface area contributed by atoms with Crippen LogP contribution in [0.3, 0.4) is 0 Å². The molecule has 1 aromatic rings. The molecule has 1 heterocycles. The van der Waals surface area contributed by atoms with Crippen LogP contribution in [-0.4, -0.2) is 25.3 Å². The van der Waals surface area contributed by atoms with Crippen molar-refractivity contribution in [1.82, 2.24) is 0 Å². The molecule has 1 aromatic carbocycles. The molecule has 1 unspecified atom stereocenters. The van der Waals surface area contributed by atoms with Gasteiger partial charge < -0.3 is 10.5 Å². The number of anilines is 1. The number of benzene rings is 1. The van der Waals surface area contributed by atoms with Crippen molar-refractivity contribution in [2.24, 2.45) is 10.8 Å². The maximum absolute atomic E-state index is 11.5. The molecule has 1 aliphatic heterocycles. The second-order valence-corrected chi connectivity index (χ2v) is 3.14. The second-order valence-electron chi connectivity index (χ2n) is 3.14. The van der Waals surface area contributed by atoms with E-state index in [1.54, 1.807) is 31.4 Å². The highest BCUT2D eigenvalue weighted by atomic mass is 16.5. The molecule has 0 saturated carbocycles. The zero-order chi connectivity index (χ0) is 10.8. The van der Waals surface area contributed by atoms with Gasteiger partial charge in [-0.25, -0.2) is 0 Å². The topological polar surface area (TPSA) is 67.9 Å². The van der Waals surface area contributed by atoms with Gasteiger partial charge in [0.1, 0.15) is 11.8 Å². The van der Waals surface area contributed by atoms with Crippen LogP contribution in [0.15, 0.2) is 29.4 Å². The van der Waals surface area contributed by atoms with Gasteiger partial charge in [-0.2, -0.15) is 10.1 Å². The molecule has 2 N–H and O–H groups in total. The molecule has 0 bridgehead atoms. The molecule has 0 aliphatic carbocycles. The van der Waals surface area contributed by atoms with E-state index in [1.165, 1.54) is 11.2 Å². The van der Waals surface area contributed by atoms with Gasteiger partial charge in [0.15, 0.2) is 0 Å². The van der Waals surface area contributed by atoms with Crippen molar-refractivity contribution >= 4 is 17.8 Å². The lowest BCUT2D eigenvalue weighted by molar-refractivity contribution is -0.117. The number of hydrogen-bond donors (Lipinski definition) is 1. The van der Waals surface area contributed by atoms with Gasteiger partial charge in [-0.15, -0.1) is 0 Å². The molecule has 0 saturated heterocycles. The van der Waals surface area contributed by atoms with Crippen molar-refractivity contribution in [3.63, 3.8) is 0 Å². The Hall–Kier alpha value is -1.88. The summed E-state index contributed by atoms with van der Waals surface area (Å²) in [6.45, 7) is 0. The van der Waals surface area contributed by atoms with E-state index in [9.17, 15) is 4.79 Å². The third-order valence-corrected chi connectivity index (χ3v) is 2.15. The Kier molecular flexibility index (Phi) is 2.39. The average Bonchev–Trinajstić information content (AvgIpc) is 2.60. The summed E-state index contributed by atoms with van der Waals surface area (Å²) < 4.78 is 5.01. The quantitative estimate of drug-likeness (QED) is 0.757. The lowest BCUT2D eigenvalue weighted by atomic mass is 10.2. The maximum Gasteiger partial charge on any atom is 0.269 e. The largest absolute Gasteiger partial charge is 0.497 e. The summed E-state index contributed by atoms with van der Waals surface area (Å²) in [7, 11) is 1.59. The summed E-state index contributed by atoms with van der Waals surface area (Å²) in [6, 6.07) is 6.41. The molecule has 1 atom stereocenters. The van der Waals surface area contributed by atoms with E-state index in [0.29, 0.717) is 5.69 Å². The van der Waals surface area contributed by atoms with Crippen LogP contribution >= 0.6 is 0 Å². The van der Waals surface area contributed by atoms with E-state index < -0.39 is 6.04 Å². The fourth-order valence-corrected chi connectivity index (χ4v) is 1.32. The number of hydrazone groups is 1. The first-order valence-corrected chi connectivity index (χ1v) is 4.50. The molecule has 0 spiro atoms. The molecule has 2 rings (SSSR count). The van der Waals surface area contributed by atoms with Gasteiger partial charge in [-0.3, -0.25) is 4.79 Å². The minimum Gasteiger partial charge on any atom is -0.497 e. The van der Waals surface area contributed by atoms with Crippen molar-refractivity contribution in [3.05, 3.63) is 24.3 Å². The van der Waals surface area contributed by atoms with Crippen LogP contribution in [0.2, 0.25) is 0 Å². The number of ether oxygens (including phenoxy) is 1. The third kappa shape index (κ3) is 1.69. The van der Waals surface area contributed by atoms with E-state index in [4.69, 9.17) is 10.5 Å². The van der Waals surface area contributed by atoms with E-state index >= 15 is 0 Å². The Morgan fingerprint density at radius 3 is 2.53 bits per heavy atom. The molecule has 5 nitrogen and oxygen atoms in total. The summed E-state index contributed by atoms with van der Waals surface area (Å²) in [5, 5.41) is 5.20. The van der Waals surface area contributed by atoms with Crippen LogP contribution in [0.1, 0.15) is 0 Å². The van der Waals surface area contributed by atoms with Crippen molar-refractivity contribution < 1.29 is 9.53 Å². The zero-order valence-electron chi connectivity index (χ0n) is 8.25. The van der Waals surface area contributed by atoms with E-state index in [0.717, 1.165) is 5.75 Å². The SMILES string of the molecule is COc1ccc(N2N=CC(N)C2=O)cc1. The van der Waals surface area contributed by atoms with E-state index in [2.05, 4.69) is 5.10 Å². The molecule has 5 heteroatoms. The predicted molar refractivity (Wildman–Crippen MR) is 56.9 cm³/mol. The van der Waals surface area contributed by atoms with Crippen LogP contribution in [0.25, 0.3) is 0 Å². The van der Waals surface area contributed by atoms with Crippen LogP contribution in [0, 0.1) is 0 Å². The molecule has 78 valence electrons. The zero-order valence-corrected chi connectivity index (χ0v) is 8.25. The van der Waals surface area contributed by atoms with Crippen LogP contribution < -0.4 is 15.5 Å². The number of nitrogens with zero attached hydrogens (tertiary/aromatic N) is 2. The Morgan fingerprint density at radius 1 is 1.40 bits per heavy atom. The van der Waals surface area contributed by atoms with Crippen molar-refractivity contribution in [1.29, 1.82) is 0 Å². The first-order chi connectivity index (χ1) is 7.22. The number of rotatable bonds is 2. The summed E-state index contributed by atoms with van der Waals surface area (Å²) in [5.74, 6) is 0.513. The number of amides is 1. The fraction of sp³-hybridized carbons (Fsp3) is 0.200. The summed E-state index contributed by atoms with van der Waals surface area (Å²) in [5.41, 5.74) is 6.18. The first-order valence-electron chi connectivity index (χ1n) is 4.50. The maximum atomic E-state index is 11.5. The highest BCUT2D eigenvalue weighted by Crippen LogP contribution is 2.21. The monoisotopic (exact) mass is 205 g/mol. The average molecular weight is 205 g/mol. The lowest BCUT2D eigenvalue weighted by Crippen LogP contribution is -2.35. The summed E-state index contributed by atoms with van der Waals surface area (Å²) in [4.78, 5) is 11.5. The molecule has 1 amide bonds. The standard InChI is InChI=1S/C10H11N3O2/c1-15-8-4-2-7(3-5-8)13-10(14)9(11)6-12-13/h2-6,9H,11H2,1H3. The minimum atomic E-state index is -0.632. The van der Waals surface area contributed by atoms with Gasteiger partial charge in [-0.1, -0.05) is 0 Å². The number of hydrogen-bond acceptors (Lipinski definition) is 4. The van der Waals surface area contributed by atoms with Gasteiger partial charge in [-0.05, 0) is 24.3 Å². The van der Waals surface area contributed by atoms with Crippen LogP contribution in [0.4, 0.5) is 5.69 Å². The van der Waals surface area contributed by atoms with Crippen LogP contribution in [-0.2, 0) is 4.79 Å². The Balaban J connectivity index is 2.24. The highest BCUT2D eigenvalue weighted by Gasteiger charge is 2.26. The smallest absolute Gasteiger partial charge is 0.269 e. The molecule has 0 fully saturated rings. The van der Waals surface area contributed by atoms with E-state index in [-0.39, 0.29) is 5.91 Å². The lowest BCUT2D eigenvalue weighted by Gasteiger charge is -2.12. The third-order valence-electron chi connectivity index (χ3n) is 2.15. The fourth-order valence-electron chi connectivity index (χ4n) is 1.32. The highest BCUT2D eigenvalue weighted by molar-refractivity contribution is 6.11. The number of methoxy groups -OCH3 is 1. The van der Waals surface area contributed by atoms with Gasteiger partial charge >= 0.3 is 0 Å². The summed E-state index contributed by atoms with van der Waals surface area (Å²) >= 11 is 0. The van der Waals surface area contributed by atoms with E-state index in [1.807, 2.05) is 0 Å². The van der Waals surface area contributed by atoms with Crippen LogP contribution in [0.5, 0.6) is 5.75 Å². The molecule has 1 aliphatic rings. The normalized spacial score (nSPS) is 19.7. The molecular formula is C10H11N3O2. The number of carbonyl (C=O) groups excluding carboxylic acids is 1.